The minimum absolute atomic E-state index is 0.0905. The SMILES string of the molecule is CCC(CNC(=O)c1ccc(Cl)c(N)c1)C(=O)O. The van der Waals surface area contributed by atoms with Crippen LogP contribution in [-0.4, -0.2) is 23.5 Å². The Bertz CT molecular complexity index is 463. The molecule has 1 rings (SSSR count). The fraction of sp³-hybridized carbons (Fsp3) is 0.333. The van der Waals surface area contributed by atoms with E-state index in [1.54, 1.807) is 6.92 Å². The molecule has 0 aromatic heterocycles. The number of nitrogens with one attached hydrogen (secondary N) is 1. The number of carboxylic acid groups (broad SMARTS) is 1. The van der Waals surface area contributed by atoms with Crippen molar-refractivity contribution in [2.24, 2.45) is 5.92 Å². The zero-order valence-corrected chi connectivity index (χ0v) is 10.7. The predicted molar refractivity (Wildman–Crippen MR) is 69.6 cm³/mol. The molecule has 0 heterocycles. The van der Waals surface area contributed by atoms with Crippen LogP contribution in [0, 0.1) is 5.92 Å². The number of carbonyl (C=O) groups excluding carboxylic acids is 1. The molecule has 0 aliphatic rings. The van der Waals surface area contributed by atoms with Gasteiger partial charge in [-0.3, -0.25) is 9.59 Å². The molecule has 0 radical (unpaired) electrons. The normalized spacial score (nSPS) is 11.9. The van der Waals surface area contributed by atoms with Crippen molar-refractivity contribution in [3.8, 4) is 0 Å². The third kappa shape index (κ3) is 3.63. The van der Waals surface area contributed by atoms with Crippen LogP contribution in [0.5, 0.6) is 0 Å². The second kappa shape index (κ2) is 6.26. The van der Waals surface area contributed by atoms with Crippen LogP contribution in [0.25, 0.3) is 0 Å². The summed E-state index contributed by atoms with van der Waals surface area (Å²) in [6.07, 6.45) is 0.457. The lowest BCUT2D eigenvalue weighted by atomic mass is 10.1. The van der Waals surface area contributed by atoms with Crippen molar-refractivity contribution in [1.29, 1.82) is 0 Å². The minimum Gasteiger partial charge on any atom is -0.481 e. The number of aliphatic carboxylic acids is 1. The molecule has 0 saturated heterocycles. The molecule has 6 heteroatoms. The van der Waals surface area contributed by atoms with Crippen molar-refractivity contribution in [2.45, 2.75) is 13.3 Å². The molecule has 0 spiro atoms. The maximum Gasteiger partial charge on any atom is 0.308 e. The Balaban J connectivity index is 2.65. The van der Waals surface area contributed by atoms with Crippen LogP contribution in [0.3, 0.4) is 0 Å². The molecule has 1 amide bonds. The first-order valence-corrected chi connectivity index (χ1v) is 5.89. The number of hydrogen-bond acceptors (Lipinski definition) is 3. The average Bonchev–Trinajstić information content (AvgIpc) is 2.32. The van der Waals surface area contributed by atoms with E-state index in [4.69, 9.17) is 22.4 Å². The van der Waals surface area contributed by atoms with E-state index < -0.39 is 11.9 Å². The summed E-state index contributed by atoms with van der Waals surface area (Å²) in [4.78, 5) is 22.5. The number of halogens is 1. The molecule has 18 heavy (non-hydrogen) atoms. The third-order valence-corrected chi connectivity index (χ3v) is 2.95. The predicted octanol–water partition coefficient (Wildman–Crippen LogP) is 1.76. The summed E-state index contributed by atoms with van der Waals surface area (Å²) in [5, 5.41) is 11.8. The first-order chi connectivity index (χ1) is 8.45. The maximum absolute atomic E-state index is 11.7. The van der Waals surface area contributed by atoms with E-state index in [9.17, 15) is 9.59 Å². The monoisotopic (exact) mass is 270 g/mol. The van der Waals surface area contributed by atoms with Gasteiger partial charge >= 0.3 is 5.97 Å². The molecule has 0 aliphatic heterocycles. The molecule has 1 aromatic carbocycles. The lowest BCUT2D eigenvalue weighted by Gasteiger charge is -2.11. The Morgan fingerprint density at radius 2 is 2.17 bits per heavy atom. The van der Waals surface area contributed by atoms with Crippen molar-refractivity contribution in [3.63, 3.8) is 0 Å². The van der Waals surface area contributed by atoms with Crippen molar-refractivity contribution < 1.29 is 14.7 Å². The molecule has 5 nitrogen and oxygen atoms in total. The van der Waals surface area contributed by atoms with Gasteiger partial charge in [-0.15, -0.1) is 0 Å². The highest BCUT2D eigenvalue weighted by atomic mass is 35.5. The largest absolute Gasteiger partial charge is 0.481 e. The number of benzene rings is 1. The van der Waals surface area contributed by atoms with Crippen molar-refractivity contribution >= 4 is 29.2 Å². The van der Waals surface area contributed by atoms with Gasteiger partial charge in [0.15, 0.2) is 0 Å². The highest BCUT2D eigenvalue weighted by molar-refractivity contribution is 6.33. The van der Waals surface area contributed by atoms with E-state index in [-0.39, 0.29) is 12.5 Å². The first-order valence-electron chi connectivity index (χ1n) is 5.51. The first kappa shape index (κ1) is 14.3. The summed E-state index contributed by atoms with van der Waals surface area (Å²) in [7, 11) is 0. The van der Waals surface area contributed by atoms with Crippen molar-refractivity contribution in [1.82, 2.24) is 5.32 Å². The molecule has 0 aliphatic carbocycles. The van der Waals surface area contributed by atoms with Gasteiger partial charge in [0.1, 0.15) is 0 Å². The van der Waals surface area contributed by atoms with Crippen LogP contribution in [0.1, 0.15) is 23.7 Å². The van der Waals surface area contributed by atoms with E-state index in [1.165, 1.54) is 18.2 Å². The van der Waals surface area contributed by atoms with Crippen molar-refractivity contribution in [2.75, 3.05) is 12.3 Å². The lowest BCUT2D eigenvalue weighted by Crippen LogP contribution is -2.32. The Morgan fingerprint density at radius 3 is 2.67 bits per heavy atom. The molecule has 0 fully saturated rings. The number of nitrogen functional groups attached to an aromatic ring is 1. The standard InChI is InChI=1S/C12H15ClN2O3/c1-2-7(12(17)18)6-15-11(16)8-3-4-9(13)10(14)5-8/h3-5,7H,2,6,14H2,1H3,(H,15,16)(H,17,18). The van der Waals surface area contributed by atoms with Crippen LogP contribution >= 0.6 is 11.6 Å². The molecule has 1 aromatic rings. The molecular formula is C12H15ClN2O3. The van der Waals surface area contributed by atoms with Crippen LogP contribution in [-0.2, 0) is 4.79 Å². The fourth-order valence-corrected chi connectivity index (χ4v) is 1.53. The minimum atomic E-state index is -0.923. The zero-order valence-electron chi connectivity index (χ0n) is 9.94. The second-order valence-electron chi connectivity index (χ2n) is 3.89. The topological polar surface area (TPSA) is 92.4 Å². The number of nitrogens with two attached hydrogens (primary N) is 1. The van der Waals surface area contributed by atoms with E-state index >= 15 is 0 Å². The Morgan fingerprint density at radius 1 is 1.50 bits per heavy atom. The molecule has 0 bridgehead atoms. The molecule has 4 N–H and O–H groups in total. The molecule has 98 valence electrons. The quantitative estimate of drug-likeness (QED) is 0.711. The van der Waals surface area contributed by atoms with Crippen LogP contribution in [0.15, 0.2) is 18.2 Å². The van der Waals surface area contributed by atoms with Crippen LogP contribution < -0.4 is 11.1 Å². The summed E-state index contributed by atoms with van der Waals surface area (Å²) in [6.45, 7) is 1.85. The number of anilines is 1. The van der Waals surface area contributed by atoms with Gasteiger partial charge < -0.3 is 16.2 Å². The number of rotatable bonds is 5. The molecule has 1 atom stereocenters. The number of carbonyl (C=O) groups is 2. The van der Waals surface area contributed by atoms with Crippen LogP contribution in [0.2, 0.25) is 5.02 Å². The Labute approximate surface area is 110 Å². The highest BCUT2D eigenvalue weighted by Gasteiger charge is 2.16. The smallest absolute Gasteiger partial charge is 0.308 e. The Kier molecular flexibility index (Phi) is 4.97. The van der Waals surface area contributed by atoms with E-state index in [1.807, 2.05) is 0 Å². The van der Waals surface area contributed by atoms with Gasteiger partial charge in [-0.1, -0.05) is 18.5 Å². The van der Waals surface area contributed by atoms with Gasteiger partial charge in [0.05, 0.1) is 16.6 Å². The molecule has 0 saturated carbocycles. The van der Waals surface area contributed by atoms with Gasteiger partial charge in [0.25, 0.3) is 5.91 Å². The summed E-state index contributed by atoms with van der Waals surface area (Å²) < 4.78 is 0. The fourth-order valence-electron chi connectivity index (χ4n) is 1.41. The van der Waals surface area contributed by atoms with E-state index in [2.05, 4.69) is 5.32 Å². The van der Waals surface area contributed by atoms with Crippen molar-refractivity contribution in [3.05, 3.63) is 28.8 Å². The van der Waals surface area contributed by atoms with Crippen LogP contribution in [0.4, 0.5) is 5.69 Å². The van der Waals surface area contributed by atoms with Gasteiger partial charge in [-0.25, -0.2) is 0 Å². The molecular weight excluding hydrogens is 256 g/mol. The average molecular weight is 271 g/mol. The van der Waals surface area contributed by atoms with Gasteiger partial charge in [-0.2, -0.15) is 0 Å². The zero-order chi connectivity index (χ0) is 13.7. The summed E-state index contributed by atoms with van der Waals surface area (Å²) >= 11 is 5.74. The Hall–Kier alpha value is -1.75. The molecule has 1 unspecified atom stereocenters. The lowest BCUT2D eigenvalue weighted by molar-refractivity contribution is -0.141. The summed E-state index contributed by atoms with van der Waals surface area (Å²) in [5.41, 5.74) is 6.26. The van der Waals surface area contributed by atoms with Gasteiger partial charge in [-0.05, 0) is 24.6 Å². The van der Waals surface area contributed by atoms with E-state index in [0.29, 0.717) is 22.7 Å². The number of carboxylic acids is 1. The third-order valence-electron chi connectivity index (χ3n) is 2.61. The summed E-state index contributed by atoms with van der Waals surface area (Å²) in [5.74, 6) is -1.87. The number of hydrogen-bond donors (Lipinski definition) is 3. The second-order valence-corrected chi connectivity index (χ2v) is 4.30. The van der Waals surface area contributed by atoms with Gasteiger partial charge in [0.2, 0.25) is 0 Å². The van der Waals surface area contributed by atoms with E-state index in [0.717, 1.165) is 0 Å². The van der Waals surface area contributed by atoms with Gasteiger partial charge in [0, 0.05) is 12.1 Å². The highest BCUT2D eigenvalue weighted by Crippen LogP contribution is 2.19. The summed E-state index contributed by atoms with van der Waals surface area (Å²) in [6, 6.07) is 4.52. The maximum atomic E-state index is 11.7. The number of amides is 1.